The highest BCUT2D eigenvalue weighted by Crippen LogP contribution is 2.36. The normalized spacial score (nSPS) is 18.4. The summed E-state index contributed by atoms with van der Waals surface area (Å²) in [4.78, 5) is 23.5. The van der Waals surface area contributed by atoms with Gasteiger partial charge in [-0.25, -0.2) is 15.0 Å². The third-order valence-corrected chi connectivity index (χ3v) is 6.71. The molecule has 2 fully saturated rings. The number of nitriles is 1. The second kappa shape index (κ2) is 9.14. The van der Waals surface area contributed by atoms with Crippen LogP contribution >= 0.6 is 0 Å². The van der Waals surface area contributed by atoms with Crippen molar-refractivity contribution in [3.05, 3.63) is 59.3 Å². The lowest BCUT2D eigenvalue weighted by atomic mass is 9.90. The van der Waals surface area contributed by atoms with Crippen LogP contribution in [0.1, 0.15) is 54.1 Å². The van der Waals surface area contributed by atoms with Crippen molar-refractivity contribution in [2.45, 2.75) is 45.4 Å². The molecule has 0 aliphatic carbocycles. The number of anilines is 2. The van der Waals surface area contributed by atoms with Crippen LogP contribution in [0.3, 0.4) is 0 Å². The van der Waals surface area contributed by atoms with Crippen LogP contribution < -0.4 is 9.80 Å². The van der Waals surface area contributed by atoms with Gasteiger partial charge in [-0.2, -0.15) is 5.26 Å². The van der Waals surface area contributed by atoms with Crippen molar-refractivity contribution >= 4 is 11.8 Å². The Balaban J connectivity index is 1.54. The number of rotatable bonds is 4. The van der Waals surface area contributed by atoms with Crippen molar-refractivity contribution in [2.75, 3.05) is 36.0 Å². The number of aromatic nitrogens is 4. The highest BCUT2D eigenvalue weighted by molar-refractivity contribution is 5.66. The van der Waals surface area contributed by atoms with E-state index in [1.807, 2.05) is 38.4 Å². The Hall–Kier alpha value is -3.53. The SMILES string of the molecule is Cc1cc(C)c(C#N)c(N2CCC[C@H](c3nc(N4CCCC4)ncc3-c3cccnc3)C2)n1. The Morgan fingerprint density at radius 2 is 1.85 bits per heavy atom. The van der Waals surface area contributed by atoms with Crippen LogP contribution in [0.2, 0.25) is 0 Å². The molecule has 0 amide bonds. The standard InChI is InChI=1S/C26H29N7/c1-18-13-19(2)30-25(22(18)14-27)33-12-6-8-21(17-33)24-23(20-7-5-9-28-15-20)16-29-26(31-24)32-10-3-4-11-32/h5,7,9,13,15-16,21H,3-4,6,8,10-12,17H2,1-2H3/t21-/m0/s1. The molecule has 3 aromatic rings. The number of aryl methyl sites for hydroxylation is 2. The van der Waals surface area contributed by atoms with Gasteiger partial charge in [0.25, 0.3) is 0 Å². The van der Waals surface area contributed by atoms with Gasteiger partial charge in [-0.05, 0) is 57.2 Å². The molecule has 5 rings (SSSR count). The van der Waals surface area contributed by atoms with E-state index in [4.69, 9.17) is 15.0 Å². The molecule has 7 nitrogen and oxygen atoms in total. The van der Waals surface area contributed by atoms with Gasteiger partial charge in [0.15, 0.2) is 0 Å². The Morgan fingerprint density at radius 1 is 1.03 bits per heavy atom. The predicted molar refractivity (Wildman–Crippen MR) is 129 cm³/mol. The van der Waals surface area contributed by atoms with Gasteiger partial charge in [0.2, 0.25) is 5.95 Å². The average Bonchev–Trinajstić information content (AvgIpc) is 3.39. The second-order valence-corrected chi connectivity index (χ2v) is 9.08. The number of hydrogen-bond acceptors (Lipinski definition) is 7. The summed E-state index contributed by atoms with van der Waals surface area (Å²) in [6, 6.07) is 8.40. The molecule has 0 unspecified atom stereocenters. The van der Waals surface area contributed by atoms with Crippen LogP contribution in [0.15, 0.2) is 36.8 Å². The summed E-state index contributed by atoms with van der Waals surface area (Å²) in [6.45, 7) is 7.69. The maximum Gasteiger partial charge on any atom is 0.225 e. The summed E-state index contributed by atoms with van der Waals surface area (Å²) in [5.41, 5.74) is 5.77. The smallest absolute Gasteiger partial charge is 0.225 e. The van der Waals surface area contributed by atoms with Crippen molar-refractivity contribution in [3.8, 4) is 17.2 Å². The van der Waals surface area contributed by atoms with Crippen LogP contribution in [0, 0.1) is 25.2 Å². The van der Waals surface area contributed by atoms with Crippen molar-refractivity contribution in [2.24, 2.45) is 0 Å². The van der Waals surface area contributed by atoms with Gasteiger partial charge < -0.3 is 9.80 Å². The minimum Gasteiger partial charge on any atom is -0.355 e. The van der Waals surface area contributed by atoms with E-state index in [0.29, 0.717) is 5.56 Å². The molecule has 0 saturated carbocycles. The molecule has 33 heavy (non-hydrogen) atoms. The zero-order valence-corrected chi connectivity index (χ0v) is 19.3. The molecule has 7 heteroatoms. The molecule has 0 N–H and O–H groups in total. The topological polar surface area (TPSA) is 81.8 Å². The minimum atomic E-state index is 0.229. The molecule has 0 aromatic carbocycles. The van der Waals surface area contributed by atoms with Crippen LogP contribution in [0.25, 0.3) is 11.1 Å². The van der Waals surface area contributed by atoms with Crippen LogP contribution in [-0.2, 0) is 0 Å². The fourth-order valence-corrected chi connectivity index (χ4v) is 5.09. The molecule has 3 aromatic heterocycles. The first-order valence-corrected chi connectivity index (χ1v) is 11.8. The van der Waals surface area contributed by atoms with Gasteiger partial charge in [-0.1, -0.05) is 6.07 Å². The third-order valence-electron chi connectivity index (χ3n) is 6.71. The van der Waals surface area contributed by atoms with E-state index in [2.05, 4.69) is 26.9 Å². The highest BCUT2D eigenvalue weighted by atomic mass is 15.3. The fraction of sp³-hybridized carbons (Fsp3) is 0.423. The quantitative estimate of drug-likeness (QED) is 0.596. The first-order chi connectivity index (χ1) is 16.1. The van der Waals surface area contributed by atoms with E-state index in [0.717, 1.165) is 78.9 Å². The van der Waals surface area contributed by atoms with Gasteiger partial charge >= 0.3 is 0 Å². The Morgan fingerprint density at radius 3 is 2.61 bits per heavy atom. The van der Waals surface area contributed by atoms with E-state index in [9.17, 15) is 5.26 Å². The average molecular weight is 440 g/mol. The molecule has 1 atom stereocenters. The molecule has 168 valence electrons. The largest absolute Gasteiger partial charge is 0.355 e. The monoisotopic (exact) mass is 439 g/mol. The summed E-state index contributed by atoms with van der Waals surface area (Å²) in [6.07, 6.45) is 10.1. The van der Waals surface area contributed by atoms with E-state index < -0.39 is 0 Å². The molecule has 2 aliphatic heterocycles. The molecule has 0 bridgehead atoms. The summed E-state index contributed by atoms with van der Waals surface area (Å²) in [7, 11) is 0. The van der Waals surface area contributed by atoms with Gasteiger partial charge in [-0.3, -0.25) is 4.98 Å². The summed E-state index contributed by atoms with van der Waals surface area (Å²) in [5.74, 6) is 1.86. The first-order valence-electron chi connectivity index (χ1n) is 11.8. The van der Waals surface area contributed by atoms with Gasteiger partial charge in [-0.15, -0.1) is 0 Å². The highest BCUT2D eigenvalue weighted by Gasteiger charge is 2.29. The van der Waals surface area contributed by atoms with Crippen molar-refractivity contribution in [1.82, 2.24) is 19.9 Å². The number of pyridine rings is 2. The number of nitrogens with zero attached hydrogens (tertiary/aromatic N) is 7. The van der Waals surface area contributed by atoms with Gasteiger partial charge in [0.05, 0.1) is 11.3 Å². The van der Waals surface area contributed by atoms with Crippen LogP contribution in [0.5, 0.6) is 0 Å². The predicted octanol–water partition coefficient (Wildman–Crippen LogP) is 4.41. The number of piperidine rings is 1. The van der Waals surface area contributed by atoms with E-state index >= 15 is 0 Å². The Bertz CT molecular complexity index is 1180. The molecule has 5 heterocycles. The Labute approximate surface area is 195 Å². The molecular weight excluding hydrogens is 410 g/mol. The van der Waals surface area contributed by atoms with E-state index in [-0.39, 0.29) is 5.92 Å². The zero-order valence-electron chi connectivity index (χ0n) is 19.3. The summed E-state index contributed by atoms with van der Waals surface area (Å²) >= 11 is 0. The van der Waals surface area contributed by atoms with E-state index in [1.54, 1.807) is 6.20 Å². The summed E-state index contributed by atoms with van der Waals surface area (Å²) in [5, 5.41) is 9.80. The molecular formula is C26H29N7. The van der Waals surface area contributed by atoms with E-state index in [1.165, 1.54) is 12.8 Å². The third kappa shape index (κ3) is 4.25. The van der Waals surface area contributed by atoms with Gasteiger partial charge in [0, 0.05) is 67.5 Å². The summed E-state index contributed by atoms with van der Waals surface area (Å²) < 4.78 is 0. The second-order valence-electron chi connectivity index (χ2n) is 9.08. The van der Waals surface area contributed by atoms with Gasteiger partial charge in [0.1, 0.15) is 11.9 Å². The lowest BCUT2D eigenvalue weighted by molar-refractivity contribution is 0.498. The fourth-order valence-electron chi connectivity index (χ4n) is 5.09. The zero-order chi connectivity index (χ0) is 22.8. The van der Waals surface area contributed by atoms with Crippen molar-refractivity contribution in [1.29, 1.82) is 5.26 Å². The Kier molecular flexibility index (Phi) is 5.91. The first kappa shape index (κ1) is 21.3. The van der Waals surface area contributed by atoms with Crippen molar-refractivity contribution < 1.29 is 0 Å². The lowest BCUT2D eigenvalue weighted by Crippen LogP contribution is -2.36. The maximum absolute atomic E-state index is 9.80. The molecule has 2 aliphatic rings. The lowest BCUT2D eigenvalue weighted by Gasteiger charge is -2.35. The van der Waals surface area contributed by atoms with Crippen molar-refractivity contribution in [3.63, 3.8) is 0 Å². The maximum atomic E-state index is 9.80. The van der Waals surface area contributed by atoms with Crippen LogP contribution in [-0.4, -0.2) is 46.1 Å². The molecule has 0 spiro atoms. The van der Waals surface area contributed by atoms with Crippen LogP contribution in [0.4, 0.5) is 11.8 Å². The molecule has 0 radical (unpaired) electrons. The number of hydrogen-bond donors (Lipinski definition) is 0. The molecule has 2 saturated heterocycles. The minimum absolute atomic E-state index is 0.229.